The fourth-order valence-electron chi connectivity index (χ4n) is 2.67. The monoisotopic (exact) mass is 290 g/mol. The standard InChI is InChI=1S/C16H19FN2O2/c1-2-21-16(20)13-4-3-7-19(11-13)10-12-5-6-15(17)14(8-12)9-18/h5-6,8,13H,2-4,7,10-11H2,1H3/t13-/m1/s1. The molecule has 0 N–H and O–H groups in total. The van der Waals surface area contributed by atoms with E-state index in [-0.39, 0.29) is 17.5 Å². The molecule has 0 aliphatic carbocycles. The van der Waals surface area contributed by atoms with E-state index in [1.165, 1.54) is 6.07 Å². The molecule has 1 aromatic rings. The van der Waals surface area contributed by atoms with Crippen molar-refractivity contribution in [2.24, 2.45) is 5.92 Å². The molecule has 4 nitrogen and oxygen atoms in total. The lowest BCUT2D eigenvalue weighted by atomic mass is 9.97. The number of likely N-dealkylation sites (tertiary alicyclic amines) is 1. The second-order valence-electron chi connectivity index (χ2n) is 5.25. The molecule has 0 aromatic heterocycles. The van der Waals surface area contributed by atoms with Crippen LogP contribution in [0.1, 0.15) is 30.9 Å². The summed E-state index contributed by atoms with van der Waals surface area (Å²) in [6, 6.07) is 6.43. The van der Waals surface area contributed by atoms with E-state index in [4.69, 9.17) is 10.00 Å². The summed E-state index contributed by atoms with van der Waals surface area (Å²) < 4.78 is 18.4. The van der Waals surface area contributed by atoms with E-state index in [2.05, 4.69) is 4.90 Å². The number of nitriles is 1. The molecule has 5 heteroatoms. The van der Waals surface area contributed by atoms with Crippen molar-refractivity contribution in [3.8, 4) is 6.07 Å². The van der Waals surface area contributed by atoms with Gasteiger partial charge in [-0.15, -0.1) is 0 Å². The van der Waals surface area contributed by atoms with Gasteiger partial charge in [0.1, 0.15) is 11.9 Å². The van der Waals surface area contributed by atoms with Gasteiger partial charge in [-0.2, -0.15) is 5.26 Å². The maximum atomic E-state index is 13.3. The molecule has 1 heterocycles. The molecule has 0 amide bonds. The molecular weight excluding hydrogens is 271 g/mol. The Hall–Kier alpha value is -1.93. The summed E-state index contributed by atoms with van der Waals surface area (Å²) >= 11 is 0. The second kappa shape index (κ2) is 7.19. The highest BCUT2D eigenvalue weighted by Gasteiger charge is 2.26. The highest BCUT2D eigenvalue weighted by Crippen LogP contribution is 2.20. The molecule has 1 fully saturated rings. The van der Waals surface area contributed by atoms with E-state index in [9.17, 15) is 9.18 Å². The van der Waals surface area contributed by atoms with Crippen molar-refractivity contribution in [2.75, 3.05) is 19.7 Å². The van der Waals surface area contributed by atoms with Gasteiger partial charge in [-0.1, -0.05) is 6.07 Å². The third kappa shape index (κ3) is 4.02. The lowest BCUT2D eigenvalue weighted by Gasteiger charge is -2.31. The average Bonchev–Trinajstić information content (AvgIpc) is 2.50. The molecule has 112 valence electrons. The van der Waals surface area contributed by atoms with Crippen LogP contribution >= 0.6 is 0 Å². The molecule has 1 atom stereocenters. The summed E-state index contributed by atoms with van der Waals surface area (Å²) in [7, 11) is 0. The van der Waals surface area contributed by atoms with Crippen molar-refractivity contribution >= 4 is 5.97 Å². The molecule has 1 aromatic carbocycles. The van der Waals surface area contributed by atoms with E-state index in [1.54, 1.807) is 19.1 Å². The number of halogens is 1. The van der Waals surface area contributed by atoms with Crippen LogP contribution in [0.15, 0.2) is 18.2 Å². The molecule has 0 unspecified atom stereocenters. The average molecular weight is 290 g/mol. The molecule has 0 saturated carbocycles. The highest BCUT2D eigenvalue weighted by molar-refractivity contribution is 5.72. The Morgan fingerprint density at radius 2 is 2.38 bits per heavy atom. The molecule has 1 aliphatic heterocycles. The van der Waals surface area contributed by atoms with Crippen molar-refractivity contribution in [3.63, 3.8) is 0 Å². The van der Waals surface area contributed by atoms with Gasteiger partial charge in [0.05, 0.1) is 18.1 Å². The van der Waals surface area contributed by atoms with E-state index < -0.39 is 5.82 Å². The molecule has 0 spiro atoms. The van der Waals surface area contributed by atoms with Gasteiger partial charge in [0.25, 0.3) is 0 Å². The number of carbonyl (C=O) groups excluding carboxylic acids is 1. The number of ether oxygens (including phenoxy) is 1. The number of piperidine rings is 1. The maximum Gasteiger partial charge on any atom is 0.310 e. The number of rotatable bonds is 4. The van der Waals surface area contributed by atoms with Crippen molar-refractivity contribution in [1.29, 1.82) is 5.26 Å². The van der Waals surface area contributed by atoms with Gasteiger partial charge in [-0.25, -0.2) is 4.39 Å². The van der Waals surface area contributed by atoms with Crippen LogP contribution in [-0.4, -0.2) is 30.6 Å². The number of hydrogen-bond acceptors (Lipinski definition) is 4. The first-order chi connectivity index (χ1) is 10.1. The smallest absolute Gasteiger partial charge is 0.310 e. The van der Waals surface area contributed by atoms with Crippen molar-refractivity contribution in [2.45, 2.75) is 26.3 Å². The third-order valence-electron chi connectivity index (χ3n) is 3.68. The van der Waals surface area contributed by atoms with Gasteiger partial charge in [-0.3, -0.25) is 9.69 Å². The summed E-state index contributed by atoms with van der Waals surface area (Å²) in [5, 5.41) is 8.86. The van der Waals surface area contributed by atoms with Crippen molar-refractivity contribution < 1.29 is 13.9 Å². The zero-order valence-electron chi connectivity index (χ0n) is 12.1. The van der Waals surface area contributed by atoms with Crippen molar-refractivity contribution in [3.05, 3.63) is 35.1 Å². The zero-order chi connectivity index (χ0) is 15.2. The summed E-state index contributed by atoms with van der Waals surface area (Å²) in [6.07, 6.45) is 1.79. The van der Waals surface area contributed by atoms with Crippen LogP contribution in [-0.2, 0) is 16.1 Å². The normalized spacial score (nSPS) is 19.0. The van der Waals surface area contributed by atoms with Gasteiger partial charge < -0.3 is 4.74 Å². The molecule has 2 rings (SSSR count). The number of nitrogens with zero attached hydrogens (tertiary/aromatic N) is 2. The summed E-state index contributed by atoms with van der Waals surface area (Å²) in [6.45, 7) is 4.37. The summed E-state index contributed by atoms with van der Waals surface area (Å²) in [5.74, 6) is -0.724. The van der Waals surface area contributed by atoms with Gasteiger partial charge in [0.15, 0.2) is 0 Å². The predicted octanol–water partition coefficient (Wildman–Crippen LogP) is 2.47. The van der Waals surface area contributed by atoms with Gasteiger partial charge in [-0.05, 0) is 44.0 Å². The van der Waals surface area contributed by atoms with Crippen LogP contribution in [0.4, 0.5) is 4.39 Å². The lowest BCUT2D eigenvalue weighted by Crippen LogP contribution is -2.38. The quantitative estimate of drug-likeness (QED) is 0.799. The SMILES string of the molecule is CCOC(=O)[C@@H]1CCCN(Cc2ccc(F)c(C#N)c2)C1. The first-order valence-corrected chi connectivity index (χ1v) is 7.21. The Morgan fingerprint density at radius 3 is 3.10 bits per heavy atom. The number of esters is 1. The van der Waals surface area contributed by atoms with E-state index in [0.29, 0.717) is 19.7 Å². The molecule has 0 radical (unpaired) electrons. The van der Waals surface area contributed by atoms with Crippen LogP contribution in [0.2, 0.25) is 0 Å². The lowest BCUT2D eigenvalue weighted by molar-refractivity contribution is -0.150. The molecular formula is C16H19FN2O2. The van der Waals surface area contributed by atoms with E-state index in [1.807, 2.05) is 6.07 Å². The van der Waals surface area contributed by atoms with Gasteiger partial charge >= 0.3 is 5.97 Å². The highest BCUT2D eigenvalue weighted by atomic mass is 19.1. The molecule has 0 bridgehead atoms. The van der Waals surface area contributed by atoms with Crippen LogP contribution in [0.3, 0.4) is 0 Å². The molecule has 1 saturated heterocycles. The minimum absolute atomic E-state index is 0.0615. The van der Waals surface area contributed by atoms with Gasteiger partial charge in [0, 0.05) is 13.1 Å². The largest absolute Gasteiger partial charge is 0.466 e. The minimum atomic E-state index is -0.496. The van der Waals surface area contributed by atoms with Crippen LogP contribution in [0.25, 0.3) is 0 Å². The number of hydrogen-bond donors (Lipinski definition) is 0. The Kier molecular flexibility index (Phi) is 5.29. The van der Waals surface area contributed by atoms with Crippen LogP contribution in [0, 0.1) is 23.1 Å². The first kappa shape index (κ1) is 15.5. The molecule has 1 aliphatic rings. The maximum absolute atomic E-state index is 13.3. The molecule has 21 heavy (non-hydrogen) atoms. The van der Waals surface area contributed by atoms with Crippen LogP contribution in [0.5, 0.6) is 0 Å². The third-order valence-corrected chi connectivity index (χ3v) is 3.68. The minimum Gasteiger partial charge on any atom is -0.466 e. The predicted molar refractivity (Wildman–Crippen MR) is 75.7 cm³/mol. The van der Waals surface area contributed by atoms with E-state index in [0.717, 1.165) is 24.9 Å². The Bertz CT molecular complexity index is 554. The summed E-state index contributed by atoms with van der Waals surface area (Å²) in [5.41, 5.74) is 0.948. The number of carbonyl (C=O) groups is 1. The Balaban J connectivity index is 1.99. The van der Waals surface area contributed by atoms with Gasteiger partial charge in [0.2, 0.25) is 0 Å². The first-order valence-electron chi connectivity index (χ1n) is 7.21. The Labute approximate surface area is 124 Å². The van der Waals surface area contributed by atoms with Crippen molar-refractivity contribution in [1.82, 2.24) is 4.90 Å². The fraction of sp³-hybridized carbons (Fsp3) is 0.500. The zero-order valence-corrected chi connectivity index (χ0v) is 12.1. The topological polar surface area (TPSA) is 53.3 Å². The summed E-state index contributed by atoms with van der Waals surface area (Å²) in [4.78, 5) is 14.0. The van der Waals surface area contributed by atoms with Crippen LogP contribution < -0.4 is 0 Å². The Morgan fingerprint density at radius 1 is 1.57 bits per heavy atom. The second-order valence-corrected chi connectivity index (χ2v) is 5.25. The number of benzene rings is 1. The van der Waals surface area contributed by atoms with E-state index >= 15 is 0 Å². The fourth-order valence-corrected chi connectivity index (χ4v) is 2.67.